The largest absolute Gasteiger partial charge is 0.324 e. The van der Waals surface area contributed by atoms with E-state index in [1.165, 1.54) is 115 Å². The highest BCUT2D eigenvalue weighted by Crippen LogP contribution is 2.40. The van der Waals surface area contributed by atoms with Gasteiger partial charge < -0.3 is 15.1 Å². The maximum Gasteiger partial charge on any atom is 0.224 e. The SMILES string of the molecule is CC(c1cc(Br)nn1C)N(C)C.CC(c1cc(Sc2n[nH]c(Nc3c4c(cc5c3CCC5)CCC4)n2)nn1C)N(C)C.S=c1nc(Cc2c3c(cc4c2CCC4)CCC3)[nH][nH]1. The zero-order valence-corrected chi connectivity index (χ0v) is 40.1. The Labute approximate surface area is 377 Å². The Morgan fingerprint density at radius 3 is 1.75 bits per heavy atom. The molecule has 0 bridgehead atoms. The minimum Gasteiger partial charge on any atom is -0.324 e. The quantitative estimate of drug-likeness (QED) is 0.0986. The number of benzene rings is 2. The second kappa shape index (κ2) is 18.7. The molecule has 0 radical (unpaired) electrons. The lowest BCUT2D eigenvalue weighted by Crippen LogP contribution is -2.19. The number of aryl methyl sites for hydroxylation is 6. The molecule has 0 spiro atoms. The first-order valence-electron chi connectivity index (χ1n) is 21.7. The van der Waals surface area contributed by atoms with Crippen molar-refractivity contribution in [1.29, 1.82) is 0 Å². The van der Waals surface area contributed by atoms with E-state index in [0.717, 1.165) is 34.7 Å². The van der Waals surface area contributed by atoms with Crippen LogP contribution in [0.25, 0.3) is 0 Å². The number of rotatable bonds is 10. The van der Waals surface area contributed by atoms with E-state index >= 15 is 0 Å². The number of H-pyrrole nitrogens is 3. The third-order valence-corrected chi connectivity index (χ3v) is 14.4. The fourth-order valence-electron chi connectivity index (χ4n) is 9.49. The fraction of sp³-hybridized carbons (Fsp3) is 0.511. The van der Waals surface area contributed by atoms with E-state index in [-0.39, 0.29) is 0 Å². The molecule has 2 unspecified atom stereocenters. The van der Waals surface area contributed by atoms with Crippen molar-refractivity contribution in [1.82, 2.24) is 59.7 Å². The van der Waals surface area contributed by atoms with Crippen molar-refractivity contribution in [3.63, 3.8) is 0 Å². The van der Waals surface area contributed by atoms with Crippen LogP contribution in [-0.2, 0) is 71.9 Å². The number of nitrogens with zero attached hydrogens (tertiary/aromatic N) is 9. The third-order valence-electron chi connectivity index (χ3n) is 13.1. The topological polar surface area (TPSA) is 140 Å². The summed E-state index contributed by atoms with van der Waals surface area (Å²) >= 11 is 9.89. The molecular formula is C45H60BrN13S2. The summed E-state index contributed by atoms with van der Waals surface area (Å²) in [4.78, 5) is 13.4. The monoisotopic (exact) mass is 925 g/mol. The Morgan fingerprint density at radius 1 is 0.721 bits per heavy atom. The molecule has 0 saturated carbocycles. The minimum atomic E-state index is 0.295. The van der Waals surface area contributed by atoms with Crippen LogP contribution in [0, 0.1) is 4.77 Å². The summed E-state index contributed by atoms with van der Waals surface area (Å²) in [6, 6.07) is 9.78. The molecule has 10 rings (SSSR count). The van der Waals surface area contributed by atoms with Gasteiger partial charge >= 0.3 is 0 Å². The summed E-state index contributed by atoms with van der Waals surface area (Å²) in [6.07, 6.45) is 15.7. The predicted molar refractivity (Wildman–Crippen MR) is 250 cm³/mol. The van der Waals surface area contributed by atoms with Crippen LogP contribution < -0.4 is 5.32 Å². The number of halogens is 1. The van der Waals surface area contributed by atoms with E-state index in [2.05, 4.69) is 127 Å². The van der Waals surface area contributed by atoms with E-state index in [1.807, 2.05) is 29.5 Å². The standard InChI is InChI=1S/C22H29N7S.C15H17N3S.C8H14BrN3/c1-13(28(2)3)18-12-19(27-29(18)4)30-22-24-21(25-26-22)23-20-16-9-5-7-14(16)11-15-8-6-10-17(15)20;19-15-16-14(17-18-15)8-13-11-5-1-3-9(11)7-10-4-2-6-12(10)13;1-6(11(2)3)7-5-8(9)10-12(7)4/h11-13H,5-10H2,1-4H3,(H2,23,24,25,26);7H,1-6,8H2,(H2,16,17,18,19);5-6H,1-4H3. The second-order valence-electron chi connectivity index (χ2n) is 17.4. The van der Waals surface area contributed by atoms with Gasteiger partial charge in [-0.25, -0.2) is 10.1 Å². The summed E-state index contributed by atoms with van der Waals surface area (Å²) in [5.41, 5.74) is 17.6. The lowest BCUT2D eigenvalue weighted by molar-refractivity contribution is 0.307. The maximum atomic E-state index is 5.05. The molecule has 4 aromatic heterocycles. The molecule has 4 aliphatic rings. The minimum absolute atomic E-state index is 0.295. The van der Waals surface area contributed by atoms with Crippen LogP contribution >= 0.6 is 39.9 Å². The Morgan fingerprint density at radius 2 is 1.25 bits per heavy atom. The fourth-order valence-corrected chi connectivity index (χ4v) is 10.9. The van der Waals surface area contributed by atoms with Gasteiger partial charge in [-0.3, -0.25) is 19.6 Å². The zero-order chi connectivity index (χ0) is 42.9. The average Bonchev–Trinajstić information content (AvgIpc) is 4.07. The van der Waals surface area contributed by atoms with Crippen LogP contribution in [0.2, 0.25) is 0 Å². The van der Waals surface area contributed by atoms with Crippen LogP contribution in [0.5, 0.6) is 0 Å². The van der Waals surface area contributed by atoms with Crippen LogP contribution in [-0.4, -0.2) is 87.9 Å². The molecule has 2 aromatic carbocycles. The van der Waals surface area contributed by atoms with E-state index in [0.29, 0.717) is 28.0 Å². The molecule has 13 nitrogen and oxygen atoms in total. The van der Waals surface area contributed by atoms with E-state index in [9.17, 15) is 0 Å². The number of aromatic nitrogens is 10. The number of hydrogen-bond acceptors (Lipinski definition) is 10. The average molecular weight is 927 g/mol. The van der Waals surface area contributed by atoms with Crippen molar-refractivity contribution in [3.05, 3.63) is 101 Å². The smallest absolute Gasteiger partial charge is 0.224 e. The Kier molecular flexibility index (Phi) is 13.4. The highest BCUT2D eigenvalue weighted by atomic mass is 79.9. The van der Waals surface area contributed by atoms with Crippen LogP contribution in [0.4, 0.5) is 11.6 Å². The number of fused-ring (bicyclic) bond motifs is 4. The molecule has 2 atom stereocenters. The molecule has 4 heterocycles. The molecule has 16 heteroatoms. The molecule has 0 saturated heterocycles. The van der Waals surface area contributed by atoms with E-state index < -0.39 is 0 Å². The van der Waals surface area contributed by atoms with E-state index in [4.69, 9.17) is 17.2 Å². The number of nitrogens with one attached hydrogen (secondary N) is 4. The van der Waals surface area contributed by atoms with Gasteiger partial charge in [0.15, 0.2) is 0 Å². The van der Waals surface area contributed by atoms with Crippen LogP contribution in [0.3, 0.4) is 0 Å². The summed E-state index contributed by atoms with van der Waals surface area (Å²) in [5, 5.41) is 27.5. The second-order valence-corrected chi connectivity index (χ2v) is 19.6. The maximum absolute atomic E-state index is 5.05. The lowest BCUT2D eigenvalue weighted by atomic mass is 9.92. The van der Waals surface area contributed by atoms with Gasteiger partial charge in [-0.1, -0.05) is 12.1 Å². The van der Waals surface area contributed by atoms with Crippen LogP contribution in [0.1, 0.15) is 119 Å². The molecule has 0 aliphatic heterocycles. The first-order chi connectivity index (χ1) is 29.3. The van der Waals surface area contributed by atoms with Gasteiger partial charge in [-0.05, 0) is 221 Å². The van der Waals surface area contributed by atoms with Gasteiger partial charge in [0.05, 0.1) is 11.4 Å². The van der Waals surface area contributed by atoms with Crippen molar-refractivity contribution >= 4 is 51.5 Å². The Hall–Kier alpha value is -4.09. The van der Waals surface area contributed by atoms with Gasteiger partial charge in [-0.2, -0.15) is 15.2 Å². The van der Waals surface area contributed by atoms with Gasteiger partial charge in [0.2, 0.25) is 15.9 Å². The summed E-state index contributed by atoms with van der Waals surface area (Å²) < 4.78 is 5.29. The van der Waals surface area contributed by atoms with Gasteiger partial charge in [0, 0.05) is 38.3 Å². The molecule has 0 amide bonds. The summed E-state index contributed by atoms with van der Waals surface area (Å²) in [6.45, 7) is 4.33. The number of aromatic amines is 3. The highest BCUT2D eigenvalue weighted by molar-refractivity contribution is 9.10. The Bertz CT molecular complexity index is 2490. The zero-order valence-electron chi connectivity index (χ0n) is 36.9. The number of anilines is 2. The summed E-state index contributed by atoms with van der Waals surface area (Å²) in [5.74, 6) is 1.68. The molecule has 61 heavy (non-hydrogen) atoms. The van der Waals surface area contributed by atoms with Crippen LogP contribution in [0.15, 0.2) is 39.1 Å². The molecule has 324 valence electrons. The molecule has 4 aliphatic carbocycles. The van der Waals surface area contributed by atoms with Crippen molar-refractivity contribution < 1.29 is 0 Å². The molecule has 6 aromatic rings. The van der Waals surface area contributed by atoms with Crippen molar-refractivity contribution in [2.24, 2.45) is 14.1 Å². The Balaban J connectivity index is 0.000000141. The first kappa shape index (κ1) is 43.6. The summed E-state index contributed by atoms with van der Waals surface area (Å²) in [7, 11) is 12.2. The third kappa shape index (κ3) is 9.63. The predicted octanol–water partition coefficient (Wildman–Crippen LogP) is 8.87. The lowest BCUT2D eigenvalue weighted by Gasteiger charge is -2.19. The number of hydrogen-bond donors (Lipinski definition) is 4. The van der Waals surface area contributed by atoms with Crippen molar-refractivity contribution in [3.8, 4) is 0 Å². The highest BCUT2D eigenvalue weighted by Gasteiger charge is 2.26. The first-order valence-corrected chi connectivity index (χ1v) is 23.7. The van der Waals surface area contributed by atoms with Gasteiger partial charge in [0.1, 0.15) is 15.5 Å². The normalized spacial score (nSPS) is 15.9. The molecule has 4 N–H and O–H groups in total. The molecular weight excluding hydrogens is 867 g/mol. The van der Waals surface area contributed by atoms with Crippen molar-refractivity contribution in [2.45, 2.75) is 120 Å². The molecule has 0 fully saturated rings. The van der Waals surface area contributed by atoms with Gasteiger partial charge in [0.25, 0.3) is 0 Å². The van der Waals surface area contributed by atoms with Crippen molar-refractivity contribution in [2.75, 3.05) is 33.5 Å². The van der Waals surface area contributed by atoms with E-state index in [1.54, 1.807) is 27.8 Å². The van der Waals surface area contributed by atoms with Gasteiger partial charge in [-0.15, -0.1) is 5.10 Å².